The third kappa shape index (κ3) is 14.8. The zero-order chi connectivity index (χ0) is 68.6. The molecular weight excluding hydrogens is 1320 g/mol. The van der Waals surface area contributed by atoms with Gasteiger partial charge in [0, 0.05) is 75.1 Å². The summed E-state index contributed by atoms with van der Waals surface area (Å²) in [6, 6.07) is 8.21. The van der Waals surface area contributed by atoms with E-state index in [9.17, 15) is 39.9 Å². The summed E-state index contributed by atoms with van der Waals surface area (Å²) in [6.45, 7) is 9.90. The van der Waals surface area contributed by atoms with E-state index in [0.29, 0.717) is 33.8 Å². The lowest BCUT2D eigenvalue weighted by atomic mass is 9.78. The zero-order valence-electron chi connectivity index (χ0n) is 52.2. The van der Waals surface area contributed by atoms with Gasteiger partial charge in [0.15, 0.2) is 11.5 Å². The second kappa shape index (κ2) is 26.0. The van der Waals surface area contributed by atoms with E-state index in [-0.39, 0.29) is 61.7 Å². The van der Waals surface area contributed by atoms with Crippen molar-refractivity contribution >= 4 is 76.6 Å². The Hall–Kier alpha value is -6.85. The molecule has 7 aromatic rings. The quantitative estimate of drug-likeness (QED) is 0.0371. The minimum atomic E-state index is -4.84. The fourth-order valence-corrected chi connectivity index (χ4v) is 15.4. The van der Waals surface area contributed by atoms with Gasteiger partial charge in [0.2, 0.25) is 33.6 Å². The first-order valence-electron chi connectivity index (χ1n) is 28.8. The van der Waals surface area contributed by atoms with Crippen molar-refractivity contribution < 1.29 is 89.6 Å². The monoisotopic (exact) mass is 1390 g/mol. The number of carbonyl (C=O) groups excluding carboxylic acids is 2. The SMILES string of the molecule is COP(=O)(Cc1cc(C)cc(OP(=O)(OC(C)C)OC(C)C)c1C(C)(C)CC(=O)N(c1nn(C)c2c(-n3c([C@H](Cc4cc(F)cc(F)c4)NC(=O)Cn4nc(C(F)F)c5c4C(F)(F)[C@@H]4C[C@H]54)nc4nc(OCCC(C)(F)F)ccc4c3=O)ccc(Cl)c12)S(C)(=O)=O)OC. The number of halogens is 9. The third-order valence-corrected chi connectivity index (χ3v) is 20.3. The summed E-state index contributed by atoms with van der Waals surface area (Å²) in [5.74, 6) is -15.5. The summed E-state index contributed by atoms with van der Waals surface area (Å²) in [6.07, 6.45) is -6.90. The summed E-state index contributed by atoms with van der Waals surface area (Å²) < 4.78 is 212. The van der Waals surface area contributed by atoms with Gasteiger partial charge in [-0.3, -0.25) is 41.9 Å². The first kappa shape index (κ1) is 70.5. The number of phosphoric ester groups is 1. The van der Waals surface area contributed by atoms with Crippen LogP contribution in [0, 0.1) is 24.5 Å². The molecule has 0 aliphatic heterocycles. The van der Waals surface area contributed by atoms with Crippen molar-refractivity contribution in [2.24, 2.45) is 13.0 Å². The average Bonchev–Trinajstić information content (AvgIpc) is 1.53. The van der Waals surface area contributed by atoms with Crippen LogP contribution in [-0.4, -0.2) is 99.5 Å². The Kier molecular flexibility index (Phi) is 19.7. The standard InChI is InChI=1S/C59H66ClF8N9O13P2S/c1-29(2)88-92(82,89-30(3)4)90-42-20-31(5)19-33(28-91(81,85-10)86-11)48(42)57(6,7)26-45(79)77(93(12,83)84)55-47-39(60)14-15-41(50(47)74(9)73-55)76-54(71-53-36(56(76)80)13-16-44(70-53)87-18-17-58(8,65)66)40(23-32-21-34(61)24-35(62)22-32)69-43(78)27-75-51-46(49(72-75)52(63)64)37-25-38(37)59(51,67)68/h13-16,19-22,24,29-30,37-38,40,52H,17-18,23,25-28H2,1-12H3,(H,69,78)/t37-,38+,40-/m0/s1. The molecule has 4 aromatic heterocycles. The molecular formula is C59H66ClF8N9O13P2S. The van der Waals surface area contributed by atoms with Crippen molar-refractivity contribution in [1.29, 1.82) is 0 Å². The number of carbonyl (C=O) groups is 2. The van der Waals surface area contributed by atoms with Crippen LogP contribution in [0.15, 0.2) is 59.4 Å². The van der Waals surface area contributed by atoms with Crippen LogP contribution in [0.2, 0.25) is 5.02 Å². The molecule has 22 nitrogen and oxygen atoms in total. The van der Waals surface area contributed by atoms with E-state index >= 15 is 27.2 Å². The molecule has 0 radical (unpaired) electrons. The van der Waals surface area contributed by atoms with Crippen LogP contribution in [0.4, 0.5) is 40.9 Å². The Bertz CT molecular complexity index is 4350. The number of alkyl halides is 6. The number of pyridine rings is 1. The summed E-state index contributed by atoms with van der Waals surface area (Å²) in [7, 11) is -9.79. The van der Waals surface area contributed by atoms with Crippen molar-refractivity contribution in [2.45, 2.75) is 142 Å². The fraction of sp³-hybridized carbons (Fsp3) is 0.475. The maximum absolute atomic E-state index is 15.9. The molecule has 2 aliphatic rings. The summed E-state index contributed by atoms with van der Waals surface area (Å²) >= 11 is 7.03. The summed E-state index contributed by atoms with van der Waals surface area (Å²) in [5.41, 5.74) is -5.46. The fourth-order valence-electron chi connectivity index (χ4n) is 11.6. The second-order valence-electron chi connectivity index (χ2n) is 24.1. The molecule has 93 heavy (non-hydrogen) atoms. The van der Waals surface area contributed by atoms with Gasteiger partial charge in [-0.15, -0.1) is 0 Å². The molecule has 2 aliphatic carbocycles. The van der Waals surface area contributed by atoms with E-state index in [0.717, 1.165) is 47.7 Å². The number of fused-ring (bicyclic) bond motifs is 5. The molecule has 1 saturated carbocycles. The summed E-state index contributed by atoms with van der Waals surface area (Å²) in [5, 5.41) is 9.86. The predicted molar refractivity (Wildman–Crippen MR) is 325 cm³/mol. The number of anilines is 1. The molecule has 0 spiro atoms. The Morgan fingerprint density at radius 1 is 0.935 bits per heavy atom. The van der Waals surface area contributed by atoms with Crippen LogP contribution in [0.5, 0.6) is 11.6 Å². The molecule has 0 unspecified atom stereocenters. The van der Waals surface area contributed by atoms with Crippen LogP contribution in [0.25, 0.3) is 27.6 Å². The highest BCUT2D eigenvalue weighted by Crippen LogP contribution is 2.68. The Morgan fingerprint density at radius 2 is 1.58 bits per heavy atom. The predicted octanol–water partition coefficient (Wildman–Crippen LogP) is 12.8. The van der Waals surface area contributed by atoms with E-state index < -0.39 is 181 Å². The molecule has 3 aromatic carbocycles. The molecule has 1 fully saturated rings. The van der Waals surface area contributed by atoms with Crippen molar-refractivity contribution in [3.8, 4) is 17.3 Å². The van der Waals surface area contributed by atoms with Crippen LogP contribution >= 0.6 is 27.0 Å². The Morgan fingerprint density at radius 3 is 2.17 bits per heavy atom. The largest absolute Gasteiger partial charge is 0.530 e. The van der Waals surface area contributed by atoms with Gasteiger partial charge in [0.05, 0.1) is 64.3 Å². The number of nitrogens with one attached hydrogen (secondary N) is 1. The number of ether oxygens (including phenoxy) is 1. The van der Waals surface area contributed by atoms with E-state index in [1.165, 1.54) is 39.1 Å². The third-order valence-electron chi connectivity index (χ3n) is 15.3. The number of benzene rings is 3. The lowest BCUT2D eigenvalue weighted by molar-refractivity contribution is -0.123. The van der Waals surface area contributed by atoms with E-state index in [1.54, 1.807) is 40.7 Å². The molecule has 0 saturated heterocycles. The minimum absolute atomic E-state index is 0.0604. The van der Waals surface area contributed by atoms with Crippen LogP contribution < -0.4 is 24.4 Å². The topological polar surface area (TPSA) is 256 Å². The normalized spacial score (nSPS) is 16.2. The molecule has 4 heterocycles. The minimum Gasteiger partial charge on any atom is -0.477 e. The van der Waals surface area contributed by atoms with E-state index in [4.69, 9.17) is 39.0 Å². The van der Waals surface area contributed by atoms with E-state index in [1.807, 2.05) is 0 Å². The van der Waals surface area contributed by atoms with Crippen molar-refractivity contribution in [3.63, 3.8) is 0 Å². The highest BCUT2D eigenvalue weighted by molar-refractivity contribution is 7.92. The first-order valence-corrected chi connectivity index (χ1v) is 34.3. The number of hydrogen-bond donors (Lipinski definition) is 1. The van der Waals surface area contributed by atoms with Crippen molar-refractivity contribution in [3.05, 3.63) is 127 Å². The van der Waals surface area contributed by atoms with Crippen molar-refractivity contribution in [1.82, 2.24) is 39.4 Å². The number of hydrogen-bond acceptors (Lipinski definition) is 17. The van der Waals surface area contributed by atoms with Gasteiger partial charge >= 0.3 is 15.4 Å². The Balaban J connectivity index is 1.22. The average molecular weight is 1390 g/mol. The van der Waals surface area contributed by atoms with Gasteiger partial charge in [-0.2, -0.15) is 28.3 Å². The van der Waals surface area contributed by atoms with Gasteiger partial charge in [0.1, 0.15) is 41.1 Å². The molecule has 3 atom stereocenters. The number of rotatable bonds is 27. The van der Waals surface area contributed by atoms with Crippen LogP contribution in [0.3, 0.4) is 0 Å². The molecule has 34 heteroatoms. The Labute approximate surface area is 533 Å². The number of aromatic nitrogens is 7. The van der Waals surface area contributed by atoms with Gasteiger partial charge in [-0.05, 0) is 107 Å². The summed E-state index contributed by atoms with van der Waals surface area (Å²) in [4.78, 5) is 54.4. The first-order chi connectivity index (χ1) is 43.2. The van der Waals surface area contributed by atoms with Crippen LogP contribution in [-0.2, 0) is 84.4 Å². The number of sulfonamides is 1. The van der Waals surface area contributed by atoms with Gasteiger partial charge in [-0.25, -0.2) is 44.3 Å². The maximum Gasteiger partial charge on any atom is 0.530 e. The number of phosphoric acid groups is 1. The lowest BCUT2D eigenvalue weighted by Crippen LogP contribution is -2.40. The molecule has 0 bridgehead atoms. The number of nitrogens with zero attached hydrogens (tertiary/aromatic N) is 8. The second-order valence-corrected chi connectivity index (χ2v) is 30.1. The highest BCUT2D eigenvalue weighted by Gasteiger charge is 2.67. The van der Waals surface area contributed by atoms with E-state index in [2.05, 4.69) is 25.5 Å². The number of amides is 2. The zero-order valence-corrected chi connectivity index (χ0v) is 55.6. The van der Waals surface area contributed by atoms with Gasteiger partial charge < -0.3 is 23.6 Å². The van der Waals surface area contributed by atoms with Gasteiger partial charge in [-0.1, -0.05) is 31.5 Å². The van der Waals surface area contributed by atoms with Crippen LogP contribution in [0.1, 0.15) is 131 Å². The van der Waals surface area contributed by atoms with Gasteiger partial charge in [0.25, 0.3) is 17.9 Å². The molecule has 9 rings (SSSR count). The van der Waals surface area contributed by atoms with Crippen molar-refractivity contribution in [2.75, 3.05) is 31.4 Å². The maximum atomic E-state index is 15.9. The molecule has 1 N–H and O–H groups in total. The molecule has 504 valence electrons. The lowest BCUT2D eigenvalue weighted by Gasteiger charge is -2.33. The smallest absolute Gasteiger partial charge is 0.477 e. The number of aryl methyl sites for hydroxylation is 2. The highest BCUT2D eigenvalue weighted by atomic mass is 35.5. The molecule has 2 amide bonds.